The van der Waals surface area contributed by atoms with Crippen LogP contribution in [0, 0.1) is 0 Å². The van der Waals surface area contributed by atoms with E-state index in [-0.39, 0.29) is 27.9 Å². The minimum Gasteiger partial charge on any atom is -0.333 e. The molecule has 0 fully saturated rings. The molecule has 0 spiro atoms. The summed E-state index contributed by atoms with van der Waals surface area (Å²) < 4.78 is 0. The Morgan fingerprint density at radius 2 is 1.70 bits per heavy atom. The van der Waals surface area contributed by atoms with Gasteiger partial charge in [-0.1, -0.05) is 23.4 Å². The van der Waals surface area contributed by atoms with Gasteiger partial charge in [0.15, 0.2) is 0 Å². The molecule has 0 heterocycles. The summed E-state index contributed by atoms with van der Waals surface area (Å²) in [4.78, 5) is 10.1. The highest BCUT2D eigenvalue weighted by atomic mass is 79.9. The van der Waals surface area contributed by atoms with Crippen molar-refractivity contribution in [2.24, 2.45) is 5.73 Å². The Bertz CT molecular complexity index is 73.6. The van der Waals surface area contributed by atoms with Crippen molar-refractivity contribution in [2.45, 2.75) is 26.1 Å². The zero-order valence-electron chi connectivity index (χ0n) is 6.02. The Morgan fingerprint density at radius 3 is 1.70 bits per heavy atom. The first-order valence-corrected chi connectivity index (χ1v) is 3.28. The van der Waals surface area contributed by atoms with Crippen LogP contribution in [-0.4, -0.2) is 26.1 Å². The Labute approximate surface area is 75.8 Å². The molecule has 0 aromatic carbocycles. The van der Waals surface area contributed by atoms with Gasteiger partial charge in [0, 0.05) is 9.84 Å². The molecule has 0 aliphatic carbocycles. The van der Waals surface area contributed by atoms with E-state index in [0.717, 1.165) is 0 Å². The van der Waals surface area contributed by atoms with Crippen molar-refractivity contribution in [1.29, 1.82) is 0 Å². The molecule has 0 rings (SSSR count). The van der Waals surface area contributed by atoms with E-state index in [2.05, 4.69) is 21.7 Å². The number of halogens is 1. The standard InChI is InChI=1S/C4H7BrO.CH5N.CH4.B.H2/c1-3(5)4(2)6;1-2;;;/h3H,1-2H3;2H2,1H3;1H4;;1H/i;;;;1+1. The maximum atomic E-state index is 10.1. The zero-order valence-corrected chi connectivity index (χ0v) is 7.60. The van der Waals surface area contributed by atoms with Gasteiger partial charge in [0.25, 0.3) is 0 Å². The normalized spacial score (nSPS) is 8.90. The molecule has 0 amide bonds. The SMILES string of the molecule is C.CC(=O)C(C)Br.CN.[2HH].[B]. The van der Waals surface area contributed by atoms with E-state index in [1.165, 1.54) is 7.05 Å². The molecule has 63 valence electrons. The highest BCUT2D eigenvalue weighted by molar-refractivity contribution is 9.10. The third-order valence-electron chi connectivity index (χ3n) is 0.560. The highest BCUT2D eigenvalue weighted by Gasteiger charge is 1.97. The summed E-state index contributed by atoms with van der Waals surface area (Å²) in [5.74, 6) is 0.176. The van der Waals surface area contributed by atoms with Crippen molar-refractivity contribution in [1.82, 2.24) is 0 Å². The molecule has 0 saturated carbocycles. The van der Waals surface area contributed by atoms with Gasteiger partial charge in [0.2, 0.25) is 0 Å². The van der Waals surface area contributed by atoms with E-state index in [0.29, 0.717) is 0 Å². The van der Waals surface area contributed by atoms with Gasteiger partial charge in [0.1, 0.15) is 5.78 Å². The fourth-order valence-corrected chi connectivity index (χ4v) is 0. The zero-order chi connectivity index (χ0) is 7.15. The van der Waals surface area contributed by atoms with E-state index in [1.54, 1.807) is 6.92 Å². The van der Waals surface area contributed by atoms with Gasteiger partial charge in [-0.2, -0.15) is 0 Å². The summed E-state index contributed by atoms with van der Waals surface area (Å²) in [6.45, 7) is 3.36. The number of ketones is 1. The predicted octanol–water partition coefficient (Wildman–Crippen LogP) is 1.44. The van der Waals surface area contributed by atoms with Crippen LogP contribution in [0.15, 0.2) is 0 Å². The first-order chi connectivity index (χ1) is 3.64. The molecule has 0 aliphatic heterocycles. The number of carbonyl (C=O) groups is 1. The smallest absolute Gasteiger partial charge is 0.143 e. The van der Waals surface area contributed by atoms with E-state index in [4.69, 9.17) is 0 Å². The van der Waals surface area contributed by atoms with Crippen LogP contribution in [0.1, 0.15) is 22.7 Å². The van der Waals surface area contributed by atoms with Crippen molar-refractivity contribution in [2.75, 3.05) is 7.05 Å². The van der Waals surface area contributed by atoms with Crippen molar-refractivity contribution < 1.29 is 6.22 Å². The average Bonchev–Trinajstić information content (AvgIpc) is 1.72. The molecule has 0 aromatic rings. The number of hydrogen-bond acceptors (Lipinski definition) is 2. The van der Waals surface area contributed by atoms with Gasteiger partial charge < -0.3 is 5.73 Å². The third kappa shape index (κ3) is 24.1. The van der Waals surface area contributed by atoms with Crippen LogP contribution < -0.4 is 5.73 Å². The molecule has 3 radical (unpaired) electrons. The number of Topliss-reactive ketones (excluding diaryl/α,β-unsaturated/α-hetero) is 1. The fraction of sp³-hybridized carbons (Fsp3) is 0.833. The molecule has 2 N–H and O–H groups in total. The number of hydrogen-bond donors (Lipinski definition) is 1. The van der Waals surface area contributed by atoms with Crippen molar-refractivity contribution >= 4 is 30.1 Å². The van der Waals surface area contributed by atoms with Crippen molar-refractivity contribution in [3.63, 3.8) is 0 Å². The molecule has 0 aromatic heterocycles. The van der Waals surface area contributed by atoms with Gasteiger partial charge in [-0.15, -0.1) is 0 Å². The molecule has 2 nitrogen and oxygen atoms in total. The number of alkyl halides is 1. The molecular formula is C6H18BBrNO. The van der Waals surface area contributed by atoms with Crippen LogP contribution in [0.4, 0.5) is 0 Å². The third-order valence-corrected chi connectivity index (χ3v) is 1.20. The largest absolute Gasteiger partial charge is 0.333 e. The summed E-state index contributed by atoms with van der Waals surface area (Å²) in [5, 5.41) is 0. The summed E-state index contributed by atoms with van der Waals surface area (Å²) in [5.41, 5.74) is 4.50. The van der Waals surface area contributed by atoms with Gasteiger partial charge in [-0.3, -0.25) is 4.79 Å². The molecule has 0 bridgehead atoms. The lowest BCUT2D eigenvalue weighted by atomic mass is 10.4. The lowest BCUT2D eigenvalue weighted by Crippen LogP contribution is -2.01. The Balaban J connectivity index is -0.0000000222. The predicted molar refractivity (Wildman–Crippen MR) is 53.8 cm³/mol. The number of carbonyl (C=O) groups excluding carboxylic acids is 1. The average molecular weight is 212 g/mol. The number of rotatable bonds is 1. The Kier molecular flexibility index (Phi) is 36.1. The topological polar surface area (TPSA) is 43.1 Å². The maximum Gasteiger partial charge on any atom is 0.143 e. The minimum atomic E-state index is 0. The van der Waals surface area contributed by atoms with Gasteiger partial charge in [-0.25, -0.2) is 0 Å². The molecule has 0 saturated heterocycles. The van der Waals surface area contributed by atoms with Crippen LogP contribution >= 0.6 is 15.9 Å². The van der Waals surface area contributed by atoms with Crippen LogP contribution in [0.5, 0.6) is 0 Å². The maximum absolute atomic E-state index is 10.1. The lowest BCUT2D eigenvalue weighted by Gasteiger charge is -1.88. The lowest BCUT2D eigenvalue weighted by molar-refractivity contribution is -0.116. The van der Waals surface area contributed by atoms with E-state index < -0.39 is 0 Å². The van der Waals surface area contributed by atoms with Gasteiger partial charge >= 0.3 is 0 Å². The van der Waals surface area contributed by atoms with Crippen molar-refractivity contribution in [3.05, 3.63) is 0 Å². The summed E-state index contributed by atoms with van der Waals surface area (Å²) in [6, 6.07) is 0. The fourth-order valence-electron chi connectivity index (χ4n) is 0. The summed E-state index contributed by atoms with van der Waals surface area (Å²) >= 11 is 3.09. The molecular weight excluding hydrogens is 193 g/mol. The number of nitrogens with two attached hydrogens (primary N) is 1. The monoisotopic (exact) mass is 211 g/mol. The van der Waals surface area contributed by atoms with Crippen LogP contribution in [0.2, 0.25) is 0 Å². The molecule has 1 atom stereocenters. The second-order valence-electron chi connectivity index (χ2n) is 1.23. The molecule has 1 unspecified atom stereocenters. The second kappa shape index (κ2) is 16.1. The van der Waals surface area contributed by atoms with Gasteiger partial charge in [0.05, 0.1) is 4.83 Å². The van der Waals surface area contributed by atoms with E-state index in [9.17, 15) is 4.79 Å². The molecule has 0 aliphatic rings. The van der Waals surface area contributed by atoms with Gasteiger partial charge in [-0.05, 0) is 20.9 Å². The highest BCUT2D eigenvalue weighted by Crippen LogP contribution is 1.95. The first-order valence-electron chi connectivity index (χ1n) is 2.37. The quantitative estimate of drug-likeness (QED) is 0.527. The van der Waals surface area contributed by atoms with E-state index >= 15 is 0 Å². The summed E-state index contributed by atoms with van der Waals surface area (Å²) in [7, 11) is 1.50. The van der Waals surface area contributed by atoms with E-state index in [1.807, 2.05) is 6.92 Å². The Hall–Kier alpha value is 0.175. The second-order valence-corrected chi connectivity index (χ2v) is 2.60. The van der Waals surface area contributed by atoms with Crippen LogP contribution in [0.25, 0.3) is 0 Å². The minimum absolute atomic E-state index is 0. The molecule has 4 heteroatoms. The first kappa shape index (κ1) is 22.5. The Morgan fingerprint density at radius 1 is 1.60 bits per heavy atom. The van der Waals surface area contributed by atoms with Crippen LogP contribution in [-0.2, 0) is 4.79 Å². The van der Waals surface area contributed by atoms with Crippen LogP contribution in [0.3, 0.4) is 0 Å². The van der Waals surface area contributed by atoms with Crippen molar-refractivity contribution in [3.8, 4) is 0 Å². The molecule has 10 heavy (non-hydrogen) atoms. The summed E-state index contributed by atoms with van der Waals surface area (Å²) in [6.07, 6.45) is 0.